The summed E-state index contributed by atoms with van der Waals surface area (Å²) in [6.07, 6.45) is 0.282. The number of aromatic nitrogens is 1. The van der Waals surface area contributed by atoms with E-state index in [1.54, 1.807) is 0 Å². The summed E-state index contributed by atoms with van der Waals surface area (Å²) < 4.78 is 0. The molecule has 1 aromatic carbocycles. The fourth-order valence-corrected chi connectivity index (χ4v) is 2.91. The molecule has 0 radical (unpaired) electrons. The van der Waals surface area contributed by atoms with Crippen molar-refractivity contribution in [2.45, 2.75) is 33.1 Å². The number of Topliss-reactive ketones (excluding diaryl/α,β-unsaturated/α-hetero) is 1. The molecule has 1 aromatic heterocycles. The fourth-order valence-electron chi connectivity index (χ4n) is 2.05. The number of nitrogens with zero attached hydrogens (tertiary/aromatic N) is 2. The van der Waals surface area contributed by atoms with Crippen molar-refractivity contribution in [2.75, 3.05) is 0 Å². The average molecular weight is 284 g/mol. The topological polar surface area (TPSA) is 53.8 Å². The van der Waals surface area contributed by atoms with Crippen molar-refractivity contribution in [1.29, 1.82) is 5.26 Å². The molecule has 2 rings (SSSR count). The molecule has 4 heteroatoms. The Labute approximate surface area is 122 Å². The van der Waals surface area contributed by atoms with Gasteiger partial charge in [-0.1, -0.05) is 23.8 Å². The lowest BCUT2D eigenvalue weighted by Gasteiger charge is -2.08. The van der Waals surface area contributed by atoms with Crippen molar-refractivity contribution in [3.8, 4) is 6.07 Å². The SMILES string of the molecule is Cc1ccc(C)c(CC(=O)C(C#N)c2nc(C)cs2)c1. The van der Waals surface area contributed by atoms with Crippen LogP contribution in [0.1, 0.15) is 33.3 Å². The standard InChI is InChI=1S/C16H16N2OS/c1-10-4-5-11(2)13(6-10)7-15(19)14(8-17)16-18-12(3)9-20-16/h4-6,9,14H,7H2,1-3H3. The van der Waals surface area contributed by atoms with Crippen molar-refractivity contribution in [3.63, 3.8) is 0 Å². The van der Waals surface area contributed by atoms with Crippen LogP contribution in [-0.4, -0.2) is 10.8 Å². The van der Waals surface area contributed by atoms with Crippen molar-refractivity contribution in [1.82, 2.24) is 4.98 Å². The Bertz CT molecular complexity index is 682. The summed E-state index contributed by atoms with van der Waals surface area (Å²) in [5.41, 5.74) is 4.04. The van der Waals surface area contributed by atoms with E-state index < -0.39 is 5.92 Å². The third kappa shape index (κ3) is 3.12. The number of carbonyl (C=O) groups excluding carboxylic acids is 1. The molecule has 0 aliphatic carbocycles. The van der Waals surface area contributed by atoms with E-state index in [9.17, 15) is 10.1 Å². The summed E-state index contributed by atoms with van der Waals surface area (Å²) in [5.74, 6) is -0.843. The zero-order valence-electron chi connectivity index (χ0n) is 11.8. The predicted molar refractivity (Wildman–Crippen MR) is 79.8 cm³/mol. The van der Waals surface area contributed by atoms with Gasteiger partial charge in [-0.2, -0.15) is 5.26 Å². The second kappa shape index (κ2) is 5.98. The minimum Gasteiger partial charge on any atom is -0.297 e. The summed E-state index contributed by atoms with van der Waals surface area (Å²) >= 11 is 1.37. The number of aryl methyl sites for hydroxylation is 3. The van der Waals surface area contributed by atoms with Gasteiger partial charge in [-0.25, -0.2) is 4.98 Å². The maximum absolute atomic E-state index is 12.4. The van der Waals surface area contributed by atoms with Crippen LogP contribution < -0.4 is 0 Å². The first-order valence-electron chi connectivity index (χ1n) is 6.41. The van der Waals surface area contributed by atoms with E-state index in [2.05, 4.69) is 11.1 Å². The van der Waals surface area contributed by atoms with Gasteiger partial charge >= 0.3 is 0 Å². The van der Waals surface area contributed by atoms with Crippen LogP contribution in [0.15, 0.2) is 23.6 Å². The van der Waals surface area contributed by atoms with Gasteiger partial charge in [0.2, 0.25) is 0 Å². The van der Waals surface area contributed by atoms with Crippen molar-refractivity contribution in [2.24, 2.45) is 0 Å². The van der Waals surface area contributed by atoms with E-state index >= 15 is 0 Å². The van der Waals surface area contributed by atoms with Gasteiger partial charge in [0.1, 0.15) is 5.01 Å². The number of carbonyl (C=O) groups is 1. The smallest absolute Gasteiger partial charge is 0.161 e. The summed E-state index contributed by atoms with van der Waals surface area (Å²) in [4.78, 5) is 16.6. The number of ketones is 1. The molecule has 0 spiro atoms. The molecule has 0 saturated carbocycles. The predicted octanol–water partition coefficient (Wildman–Crippen LogP) is 3.49. The highest BCUT2D eigenvalue weighted by Crippen LogP contribution is 2.23. The average Bonchev–Trinajstić information content (AvgIpc) is 2.81. The van der Waals surface area contributed by atoms with Crippen LogP contribution in [0.5, 0.6) is 0 Å². The van der Waals surface area contributed by atoms with Gasteiger partial charge in [0, 0.05) is 17.5 Å². The van der Waals surface area contributed by atoms with Gasteiger partial charge in [0.25, 0.3) is 0 Å². The lowest BCUT2D eigenvalue weighted by atomic mass is 9.95. The van der Waals surface area contributed by atoms with E-state index in [0.717, 1.165) is 22.4 Å². The van der Waals surface area contributed by atoms with Crippen LogP contribution in [-0.2, 0) is 11.2 Å². The molecule has 0 fully saturated rings. The molecule has 1 atom stereocenters. The molecule has 0 saturated heterocycles. The highest BCUT2D eigenvalue weighted by atomic mass is 32.1. The third-order valence-electron chi connectivity index (χ3n) is 3.20. The van der Waals surface area contributed by atoms with Crippen LogP contribution in [0, 0.1) is 32.1 Å². The molecule has 102 valence electrons. The quantitative estimate of drug-likeness (QED) is 0.863. The molecule has 0 bridgehead atoms. The molecule has 20 heavy (non-hydrogen) atoms. The first-order valence-corrected chi connectivity index (χ1v) is 7.29. The Hall–Kier alpha value is -1.99. The van der Waals surface area contributed by atoms with Crippen molar-refractivity contribution in [3.05, 3.63) is 51.0 Å². The molecule has 0 amide bonds. The molecule has 0 aliphatic heterocycles. The van der Waals surface area contributed by atoms with Crippen molar-refractivity contribution < 1.29 is 4.79 Å². The lowest BCUT2D eigenvalue weighted by Crippen LogP contribution is -2.14. The minimum atomic E-state index is -0.756. The Balaban J connectivity index is 2.22. The molecule has 1 heterocycles. The number of rotatable bonds is 4. The molecular formula is C16H16N2OS. The van der Waals surface area contributed by atoms with E-state index in [-0.39, 0.29) is 12.2 Å². The van der Waals surface area contributed by atoms with E-state index in [4.69, 9.17) is 0 Å². The second-order valence-corrected chi connectivity index (χ2v) is 5.85. The van der Waals surface area contributed by atoms with Crippen LogP contribution in [0.4, 0.5) is 0 Å². The van der Waals surface area contributed by atoms with Crippen LogP contribution >= 0.6 is 11.3 Å². The molecular weight excluding hydrogens is 268 g/mol. The van der Waals surface area contributed by atoms with E-state index in [0.29, 0.717) is 5.01 Å². The number of hydrogen-bond acceptors (Lipinski definition) is 4. The first-order chi connectivity index (χ1) is 9.51. The maximum atomic E-state index is 12.4. The number of nitriles is 1. The maximum Gasteiger partial charge on any atom is 0.161 e. The Morgan fingerprint density at radius 2 is 2.15 bits per heavy atom. The second-order valence-electron chi connectivity index (χ2n) is 4.96. The van der Waals surface area contributed by atoms with Gasteiger partial charge < -0.3 is 0 Å². The number of thiazole rings is 1. The van der Waals surface area contributed by atoms with Gasteiger partial charge in [0.05, 0.1) is 6.07 Å². The summed E-state index contributed by atoms with van der Waals surface area (Å²) in [6.45, 7) is 5.85. The van der Waals surface area contributed by atoms with E-state index in [1.165, 1.54) is 11.3 Å². The normalized spacial score (nSPS) is 11.9. The highest BCUT2D eigenvalue weighted by Gasteiger charge is 2.23. The van der Waals surface area contributed by atoms with Gasteiger partial charge in [0.15, 0.2) is 11.7 Å². The molecule has 0 N–H and O–H groups in total. The Kier molecular flexibility index (Phi) is 4.31. The molecule has 3 nitrogen and oxygen atoms in total. The molecule has 0 aliphatic rings. The summed E-state index contributed by atoms with van der Waals surface area (Å²) in [6, 6.07) is 8.12. The summed E-state index contributed by atoms with van der Waals surface area (Å²) in [5, 5.41) is 11.7. The zero-order chi connectivity index (χ0) is 14.7. The van der Waals surface area contributed by atoms with Gasteiger partial charge in [-0.15, -0.1) is 11.3 Å². The first kappa shape index (κ1) is 14.4. The van der Waals surface area contributed by atoms with Gasteiger partial charge in [-0.3, -0.25) is 4.79 Å². The summed E-state index contributed by atoms with van der Waals surface area (Å²) in [7, 11) is 0. The number of hydrogen-bond donors (Lipinski definition) is 0. The van der Waals surface area contributed by atoms with Crippen LogP contribution in [0.2, 0.25) is 0 Å². The third-order valence-corrected chi connectivity index (χ3v) is 4.23. The fraction of sp³-hybridized carbons (Fsp3) is 0.312. The zero-order valence-corrected chi connectivity index (χ0v) is 12.6. The Morgan fingerprint density at radius 1 is 1.40 bits per heavy atom. The van der Waals surface area contributed by atoms with E-state index in [1.807, 2.05) is 44.4 Å². The van der Waals surface area contributed by atoms with Crippen LogP contribution in [0.25, 0.3) is 0 Å². The minimum absolute atomic E-state index is 0.0875. The van der Waals surface area contributed by atoms with Gasteiger partial charge in [-0.05, 0) is 31.9 Å². The molecule has 1 unspecified atom stereocenters. The number of benzene rings is 1. The molecule has 2 aromatic rings. The van der Waals surface area contributed by atoms with Crippen LogP contribution in [0.3, 0.4) is 0 Å². The Morgan fingerprint density at radius 3 is 2.75 bits per heavy atom. The largest absolute Gasteiger partial charge is 0.297 e. The highest BCUT2D eigenvalue weighted by molar-refractivity contribution is 7.09. The lowest BCUT2D eigenvalue weighted by molar-refractivity contribution is -0.118. The monoisotopic (exact) mass is 284 g/mol. The van der Waals surface area contributed by atoms with Crippen molar-refractivity contribution >= 4 is 17.1 Å².